The smallest absolute Gasteiger partial charge is 0.284 e. The Morgan fingerprint density at radius 2 is 2.60 bits per heavy atom. The van der Waals surface area contributed by atoms with Crippen molar-refractivity contribution in [1.29, 1.82) is 0 Å². The van der Waals surface area contributed by atoms with Gasteiger partial charge in [0.05, 0.1) is 0 Å². The quantitative estimate of drug-likeness (QED) is 0.519. The number of rotatable bonds is 2. The Hall–Kier alpha value is -0.720. The second-order valence-electron chi connectivity index (χ2n) is 1.70. The summed E-state index contributed by atoms with van der Waals surface area (Å²) < 4.78 is 4.75. The number of aliphatic hydroxyl groups is 1. The summed E-state index contributed by atoms with van der Waals surface area (Å²) in [5.41, 5.74) is 5.12. The van der Waals surface area contributed by atoms with E-state index in [1.165, 1.54) is 0 Å². The Kier molecular flexibility index (Phi) is 2.15. The largest absolute Gasteiger partial charge is 0.411 e. The van der Waals surface area contributed by atoms with E-state index in [0.717, 1.165) is 0 Å². The minimum atomic E-state index is -0.868. The predicted octanol–water partition coefficient (Wildman–Crippen LogP) is -0.276. The third-order valence-electron chi connectivity index (χ3n) is 0.963. The maximum Gasteiger partial charge on any atom is 0.284 e. The van der Waals surface area contributed by atoms with Crippen LogP contribution in [-0.4, -0.2) is 21.8 Å². The summed E-state index contributed by atoms with van der Waals surface area (Å²) in [4.78, 5) is 0.141. The topological polar surface area (TPSA) is 88.1 Å². The molecule has 1 heterocycles. The van der Waals surface area contributed by atoms with E-state index in [0.29, 0.717) is 0 Å². The first-order chi connectivity index (χ1) is 4.74. The van der Waals surface area contributed by atoms with Crippen LogP contribution in [-0.2, 0) is 0 Å². The molecule has 0 aromatic carbocycles. The number of hydrogen-bond acceptors (Lipinski definition) is 5. The monoisotopic (exact) mass is 161 g/mol. The summed E-state index contributed by atoms with van der Waals surface area (Å²) in [7, 11) is 0. The highest BCUT2D eigenvalue weighted by Gasteiger charge is 2.09. The van der Waals surface area contributed by atoms with E-state index < -0.39 is 6.10 Å². The molecule has 1 aromatic heterocycles. The van der Waals surface area contributed by atoms with Crippen molar-refractivity contribution in [2.75, 3.05) is 6.54 Å². The van der Waals surface area contributed by atoms with E-state index in [2.05, 4.69) is 22.4 Å². The van der Waals surface area contributed by atoms with Gasteiger partial charge in [-0.25, -0.2) is 5.10 Å². The molecule has 0 aliphatic heterocycles. The van der Waals surface area contributed by atoms with Crippen molar-refractivity contribution >= 4 is 12.2 Å². The molecular formula is C4H7N3O2S. The van der Waals surface area contributed by atoms with Gasteiger partial charge in [-0.1, -0.05) is 0 Å². The number of nitrogens with one attached hydrogen (secondary N) is 1. The number of hydrogen-bond donors (Lipinski definition) is 3. The van der Waals surface area contributed by atoms with Crippen molar-refractivity contribution in [3.8, 4) is 0 Å². The molecule has 0 amide bonds. The fourth-order valence-electron chi connectivity index (χ4n) is 0.485. The standard InChI is InChI=1S/C4H7N3O2S/c5-1-2(8)3-6-7-4(10)9-3/h2,8H,1,5H2,(H,7,10). The van der Waals surface area contributed by atoms with Crippen molar-refractivity contribution in [3.63, 3.8) is 0 Å². The lowest BCUT2D eigenvalue weighted by atomic mass is 10.4. The first-order valence-corrected chi connectivity index (χ1v) is 3.08. The van der Waals surface area contributed by atoms with Gasteiger partial charge in [0, 0.05) is 6.54 Å². The third kappa shape index (κ3) is 1.41. The fourth-order valence-corrected chi connectivity index (χ4v) is 0.616. The molecule has 4 N–H and O–H groups in total. The molecule has 1 rings (SSSR count). The Bertz CT molecular complexity index is 255. The van der Waals surface area contributed by atoms with Crippen LogP contribution in [0.5, 0.6) is 0 Å². The van der Waals surface area contributed by atoms with Gasteiger partial charge in [0.25, 0.3) is 4.84 Å². The Morgan fingerprint density at radius 3 is 3.00 bits per heavy atom. The molecule has 0 aliphatic rings. The SMILES string of the molecule is NCC(O)c1n[nH]c(=S)o1. The van der Waals surface area contributed by atoms with Crippen LogP contribution in [0.15, 0.2) is 4.42 Å². The van der Waals surface area contributed by atoms with Gasteiger partial charge >= 0.3 is 0 Å². The molecule has 0 bridgehead atoms. The summed E-state index contributed by atoms with van der Waals surface area (Å²) in [6.45, 7) is 0.0725. The minimum absolute atomic E-state index is 0.0725. The second-order valence-corrected chi connectivity index (χ2v) is 2.07. The molecule has 5 nitrogen and oxygen atoms in total. The first kappa shape index (κ1) is 7.39. The van der Waals surface area contributed by atoms with Crippen molar-refractivity contribution in [1.82, 2.24) is 10.2 Å². The van der Waals surface area contributed by atoms with Crippen LogP contribution in [0.4, 0.5) is 0 Å². The van der Waals surface area contributed by atoms with Gasteiger partial charge in [0.2, 0.25) is 5.89 Å². The highest BCUT2D eigenvalue weighted by Crippen LogP contribution is 2.05. The minimum Gasteiger partial charge on any atom is -0.411 e. The zero-order chi connectivity index (χ0) is 7.56. The number of nitrogens with zero attached hydrogens (tertiary/aromatic N) is 1. The molecule has 1 aromatic rings. The summed E-state index contributed by atoms with van der Waals surface area (Å²) in [5, 5.41) is 14.9. The highest BCUT2D eigenvalue weighted by molar-refractivity contribution is 7.71. The third-order valence-corrected chi connectivity index (χ3v) is 1.14. The second kappa shape index (κ2) is 2.91. The summed E-state index contributed by atoms with van der Waals surface area (Å²) >= 11 is 4.56. The lowest BCUT2D eigenvalue weighted by Crippen LogP contribution is -2.11. The molecule has 0 aliphatic carbocycles. The van der Waals surface area contributed by atoms with Gasteiger partial charge in [-0.2, -0.15) is 0 Å². The molecular weight excluding hydrogens is 154 g/mol. The molecule has 0 spiro atoms. The number of nitrogens with two attached hydrogens (primary N) is 1. The molecule has 6 heteroatoms. The molecule has 0 radical (unpaired) electrons. The Balaban J connectivity index is 2.84. The van der Waals surface area contributed by atoms with Gasteiger partial charge in [-0.15, -0.1) is 5.10 Å². The number of H-pyrrole nitrogens is 1. The molecule has 10 heavy (non-hydrogen) atoms. The van der Waals surface area contributed by atoms with Crippen molar-refractivity contribution in [2.24, 2.45) is 5.73 Å². The van der Waals surface area contributed by atoms with E-state index in [9.17, 15) is 0 Å². The first-order valence-electron chi connectivity index (χ1n) is 2.67. The van der Waals surface area contributed by atoms with E-state index in [4.69, 9.17) is 15.3 Å². The number of aromatic nitrogens is 2. The Labute approximate surface area is 61.9 Å². The highest BCUT2D eigenvalue weighted by atomic mass is 32.1. The molecule has 0 fully saturated rings. The van der Waals surface area contributed by atoms with Crippen LogP contribution in [0.3, 0.4) is 0 Å². The summed E-state index contributed by atoms with van der Waals surface area (Å²) in [6, 6.07) is 0. The van der Waals surface area contributed by atoms with Gasteiger partial charge in [0.15, 0.2) is 0 Å². The average molecular weight is 161 g/mol. The van der Waals surface area contributed by atoms with Gasteiger partial charge < -0.3 is 15.3 Å². The molecule has 0 saturated heterocycles. The van der Waals surface area contributed by atoms with Gasteiger partial charge in [-0.3, -0.25) is 0 Å². The summed E-state index contributed by atoms with van der Waals surface area (Å²) in [5.74, 6) is 0.132. The van der Waals surface area contributed by atoms with Crippen molar-refractivity contribution in [2.45, 2.75) is 6.10 Å². The normalized spacial score (nSPS) is 13.4. The zero-order valence-electron chi connectivity index (χ0n) is 5.07. The molecule has 1 atom stereocenters. The van der Waals surface area contributed by atoms with Crippen molar-refractivity contribution in [3.05, 3.63) is 10.7 Å². The van der Waals surface area contributed by atoms with Gasteiger partial charge in [-0.05, 0) is 12.2 Å². The van der Waals surface area contributed by atoms with Crippen LogP contribution in [0.2, 0.25) is 0 Å². The lowest BCUT2D eigenvalue weighted by molar-refractivity contribution is 0.151. The fraction of sp³-hybridized carbons (Fsp3) is 0.500. The van der Waals surface area contributed by atoms with Crippen LogP contribution in [0.25, 0.3) is 0 Å². The number of aromatic amines is 1. The van der Waals surface area contributed by atoms with E-state index in [1.807, 2.05) is 0 Å². The van der Waals surface area contributed by atoms with Crippen LogP contribution in [0, 0.1) is 4.84 Å². The van der Waals surface area contributed by atoms with Crippen LogP contribution >= 0.6 is 12.2 Å². The van der Waals surface area contributed by atoms with Gasteiger partial charge in [0.1, 0.15) is 6.10 Å². The number of aliphatic hydroxyl groups excluding tert-OH is 1. The maximum atomic E-state index is 9.00. The predicted molar refractivity (Wildman–Crippen MR) is 35.7 cm³/mol. The van der Waals surface area contributed by atoms with E-state index in [1.54, 1.807) is 0 Å². The summed E-state index contributed by atoms with van der Waals surface area (Å²) in [6.07, 6.45) is -0.868. The molecule has 0 saturated carbocycles. The lowest BCUT2D eigenvalue weighted by Gasteiger charge is -1.97. The van der Waals surface area contributed by atoms with E-state index >= 15 is 0 Å². The van der Waals surface area contributed by atoms with Crippen LogP contribution < -0.4 is 5.73 Å². The Morgan fingerprint density at radius 1 is 1.90 bits per heavy atom. The zero-order valence-corrected chi connectivity index (χ0v) is 5.89. The van der Waals surface area contributed by atoms with E-state index in [-0.39, 0.29) is 17.3 Å². The molecule has 1 unspecified atom stereocenters. The molecule has 56 valence electrons. The van der Waals surface area contributed by atoms with Crippen LogP contribution in [0.1, 0.15) is 12.0 Å². The average Bonchev–Trinajstić information content (AvgIpc) is 2.34. The van der Waals surface area contributed by atoms with Crippen molar-refractivity contribution < 1.29 is 9.52 Å². The maximum absolute atomic E-state index is 9.00.